The van der Waals surface area contributed by atoms with Gasteiger partial charge in [0, 0.05) is 58.2 Å². The second kappa shape index (κ2) is 11.7. The lowest BCUT2D eigenvalue weighted by Crippen LogP contribution is -2.45. The van der Waals surface area contributed by atoms with E-state index in [9.17, 15) is 13.2 Å². The van der Waals surface area contributed by atoms with Gasteiger partial charge in [-0.1, -0.05) is 19.1 Å². The lowest BCUT2D eigenvalue weighted by molar-refractivity contribution is -0.137. The van der Waals surface area contributed by atoms with Crippen molar-refractivity contribution in [1.82, 2.24) is 25.3 Å². The van der Waals surface area contributed by atoms with Crippen LogP contribution in [0.1, 0.15) is 24.5 Å². The zero-order valence-corrected chi connectivity index (χ0v) is 20.1. The van der Waals surface area contributed by atoms with E-state index in [4.69, 9.17) is 0 Å². The predicted octanol–water partition coefficient (Wildman–Crippen LogP) is 3.60. The normalized spacial score (nSPS) is 18.5. The molecule has 6 nitrogen and oxygen atoms in total. The van der Waals surface area contributed by atoms with Crippen molar-refractivity contribution in [2.24, 2.45) is 10.9 Å². The van der Waals surface area contributed by atoms with E-state index in [1.54, 1.807) is 25.4 Å². The lowest BCUT2D eigenvalue weighted by atomic mass is 10.1. The van der Waals surface area contributed by atoms with Gasteiger partial charge < -0.3 is 10.6 Å². The summed E-state index contributed by atoms with van der Waals surface area (Å²) in [6.07, 6.45) is 0.397. The van der Waals surface area contributed by atoms with E-state index in [0.29, 0.717) is 12.5 Å². The number of hydrogen-bond acceptors (Lipinski definition) is 3. The summed E-state index contributed by atoms with van der Waals surface area (Å²) in [5.74, 6) is 1.16. The number of benzene rings is 1. The summed E-state index contributed by atoms with van der Waals surface area (Å²) in [4.78, 5) is 6.55. The molecule has 1 aromatic carbocycles. The number of nitrogens with one attached hydrogen (secondary N) is 2. The number of halogens is 4. The molecule has 0 spiro atoms. The molecular formula is C21H30F3IN6. The molecule has 1 fully saturated rings. The molecule has 172 valence electrons. The highest BCUT2D eigenvalue weighted by atomic mass is 127. The van der Waals surface area contributed by atoms with E-state index in [1.165, 1.54) is 0 Å². The van der Waals surface area contributed by atoms with Crippen LogP contribution in [0.3, 0.4) is 0 Å². The first-order valence-electron chi connectivity index (χ1n) is 10.2. The van der Waals surface area contributed by atoms with E-state index in [1.807, 2.05) is 16.9 Å². The summed E-state index contributed by atoms with van der Waals surface area (Å²) in [6.45, 7) is 6.13. The summed E-state index contributed by atoms with van der Waals surface area (Å²) >= 11 is 0. The highest BCUT2D eigenvalue weighted by Gasteiger charge is 2.30. The third-order valence-corrected chi connectivity index (χ3v) is 5.20. The SMILES string of the molecule is CN=C(NCC(C)Cn1cccn1)NC1CCN(Cc2ccc(C(F)(F)F)cc2)C1.I. The second-order valence-corrected chi connectivity index (χ2v) is 7.85. The van der Waals surface area contributed by atoms with Crippen molar-refractivity contribution in [3.8, 4) is 0 Å². The molecule has 2 atom stereocenters. The van der Waals surface area contributed by atoms with Gasteiger partial charge in [-0.3, -0.25) is 14.6 Å². The number of guanidine groups is 1. The highest BCUT2D eigenvalue weighted by Crippen LogP contribution is 2.29. The largest absolute Gasteiger partial charge is 0.416 e. The van der Waals surface area contributed by atoms with Crippen LogP contribution in [0.2, 0.25) is 0 Å². The van der Waals surface area contributed by atoms with Crippen molar-refractivity contribution in [3.63, 3.8) is 0 Å². The topological polar surface area (TPSA) is 57.5 Å². The van der Waals surface area contributed by atoms with Crippen LogP contribution in [-0.2, 0) is 19.3 Å². The van der Waals surface area contributed by atoms with Gasteiger partial charge in [0.1, 0.15) is 0 Å². The number of nitrogens with zero attached hydrogens (tertiary/aromatic N) is 4. The zero-order chi connectivity index (χ0) is 21.6. The third kappa shape index (κ3) is 7.99. The molecule has 0 amide bonds. The minimum atomic E-state index is -4.29. The molecule has 1 aliphatic rings. The van der Waals surface area contributed by atoms with Crippen molar-refractivity contribution >= 4 is 29.9 Å². The Kier molecular flexibility index (Phi) is 9.60. The molecule has 2 N–H and O–H groups in total. The first-order valence-corrected chi connectivity index (χ1v) is 10.2. The van der Waals surface area contributed by atoms with Crippen LogP contribution in [0.5, 0.6) is 0 Å². The number of aromatic nitrogens is 2. The minimum Gasteiger partial charge on any atom is -0.356 e. The maximum atomic E-state index is 12.7. The summed E-state index contributed by atoms with van der Waals surface area (Å²) in [7, 11) is 1.75. The Morgan fingerprint density at radius 1 is 1.29 bits per heavy atom. The Labute approximate surface area is 198 Å². The van der Waals surface area contributed by atoms with Gasteiger partial charge in [0.05, 0.1) is 5.56 Å². The number of hydrogen-bond donors (Lipinski definition) is 2. The molecule has 0 saturated carbocycles. The van der Waals surface area contributed by atoms with E-state index in [2.05, 4.69) is 32.5 Å². The number of alkyl halides is 3. The molecule has 1 aromatic heterocycles. The average molecular weight is 550 g/mol. The first kappa shape index (κ1) is 25.4. The second-order valence-electron chi connectivity index (χ2n) is 7.85. The molecule has 10 heteroatoms. The Morgan fingerprint density at radius 2 is 2.03 bits per heavy atom. The fraction of sp³-hybridized carbons (Fsp3) is 0.524. The molecule has 0 radical (unpaired) electrons. The molecule has 2 unspecified atom stereocenters. The molecule has 2 aromatic rings. The molecule has 0 bridgehead atoms. The molecule has 1 saturated heterocycles. The van der Waals surface area contributed by atoms with Gasteiger partial charge in [-0.05, 0) is 36.1 Å². The van der Waals surface area contributed by atoms with Gasteiger partial charge in [-0.25, -0.2) is 0 Å². The summed E-state index contributed by atoms with van der Waals surface area (Å²) < 4.78 is 40.0. The molecular weight excluding hydrogens is 520 g/mol. The molecule has 31 heavy (non-hydrogen) atoms. The van der Waals surface area contributed by atoms with Crippen LogP contribution in [0, 0.1) is 5.92 Å². The summed E-state index contributed by atoms with van der Waals surface area (Å²) in [5.41, 5.74) is 0.280. The highest BCUT2D eigenvalue weighted by molar-refractivity contribution is 14.0. The van der Waals surface area contributed by atoms with Gasteiger partial charge in [-0.15, -0.1) is 24.0 Å². The lowest BCUT2D eigenvalue weighted by Gasteiger charge is -2.20. The van der Waals surface area contributed by atoms with Crippen LogP contribution >= 0.6 is 24.0 Å². The van der Waals surface area contributed by atoms with Crippen molar-refractivity contribution in [2.45, 2.75) is 38.7 Å². The fourth-order valence-electron chi connectivity index (χ4n) is 3.60. The molecule has 3 rings (SSSR count). The Morgan fingerprint density at radius 3 is 2.65 bits per heavy atom. The first-order chi connectivity index (χ1) is 14.3. The summed E-state index contributed by atoms with van der Waals surface area (Å²) in [5, 5.41) is 11.0. The molecule has 2 heterocycles. The fourth-order valence-corrected chi connectivity index (χ4v) is 3.60. The van der Waals surface area contributed by atoms with E-state index in [0.717, 1.165) is 56.3 Å². The maximum absolute atomic E-state index is 12.7. The van der Waals surface area contributed by atoms with Crippen LogP contribution < -0.4 is 10.6 Å². The molecule has 0 aliphatic carbocycles. The van der Waals surface area contributed by atoms with Gasteiger partial charge in [0.15, 0.2) is 5.96 Å². The van der Waals surface area contributed by atoms with Crippen molar-refractivity contribution < 1.29 is 13.2 Å². The van der Waals surface area contributed by atoms with Crippen molar-refractivity contribution in [1.29, 1.82) is 0 Å². The van der Waals surface area contributed by atoms with Gasteiger partial charge in [0.2, 0.25) is 0 Å². The summed E-state index contributed by atoms with van der Waals surface area (Å²) in [6, 6.07) is 7.59. The Balaban J connectivity index is 0.00000341. The average Bonchev–Trinajstić information content (AvgIpc) is 3.37. The van der Waals surface area contributed by atoms with Crippen LogP contribution in [0.4, 0.5) is 13.2 Å². The number of rotatable bonds is 7. The van der Waals surface area contributed by atoms with Crippen LogP contribution in [-0.4, -0.2) is 53.4 Å². The van der Waals surface area contributed by atoms with E-state index < -0.39 is 11.7 Å². The smallest absolute Gasteiger partial charge is 0.356 e. The molecule has 1 aliphatic heterocycles. The number of likely N-dealkylation sites (tertiary alicyclic amines) is 1. The maximum Gasteiger partial charge on any atom is 0.416 e. The van der Waals surface area contributed by atoms with E-state index in [-0.39, 0.29) is 30.0 Å². The van der Waals surface area contributed by atoms with Crippen LogP contribution in [0.15, 0.2) is 47.7 Å². The predicted molar refractivity (Wildman–Crippen MR) is 126 cm³/mol. The van der Waals surface area contributed by atoms with Gasteiger partial charge >= 0.3 is 6.18 Å². The van der Waals surface area contributed by atoms with E-state index >= 15 is 0 Å². The minimum absolute atomic E-state index is 0. The number of aliphatic imine (C=N–C) groups is 1. The van der Waals surface area contributed by atoms with Crippen molar-refractivity contribution in [2.75, 3.05) is 26.7 Å². The monoisotopic (exact) mass is 550 g/mol. The van der Waals surface area contributed by atoms with Crippen molar-refractivity contribution in [3.05, 3.63) is 53.9 Å². The quantitative estimate of drug-likeness (QED) is 0.315. The zero-order valence-electron chi connectivity index (χ0n) is 17.8. The van der Waals surface area contributed by atoms with Crippen LogP contribution in [0.25, 0.3) is 0 Å². The standard InChI is InChI=1S/C21H29F3N6.HI/c1-16(13-30-10-3-9-27-30)12-26-20(25-2)28-19-8-11-29(15-19)14-17-4-6-18(7-5-17)21(22,23)24;/h3-7,9-10,16,19H,8,11-15H2,1-2H3,(H2,25,26,28);1H. The van der Waals surface area contributed by atoms with Gasteiger partial charge in [0.25, 0.3) is 0 Å². The third-order valence-electron chi connectivity index (χ3n) is 5.20. The van der Waals surface area contributed by atoms with Gasteiger partial charge in [-0.2, -0.15) is 18.3 Å². The Hall–Kier alpha value is -1.82. The Bertz CT molecular complexity index is 808.